The van der Waals surface area contributed by atoms with Gasteiger partial charge in [0.2, 0.25) is 11.7 Å². The number of rotatable bonds is 12. The number of phenolic OH excluding ortho intramolecular Hbond substituents is 1. The topological polar surface area (TPSA) is 139 Å². The molecule has 1 saturated heterocycles. The summed E-state index contributed by atoms with van der Waals surface area (Å²) < 4.78 is 69.0. The molecule has 16 heteroatoms. The van der Waals surface area contributed by atoms with Gasteiger partial charge in [0.1, 0.15) is 42.0 Å². The van der Waals surface area contributed by atoms with Gasteiger partial charge in [0.05, 0.1) is 12.1 Å². The van der Waals surface area contributed by atoms with E-state index in [1.807, 2.05) is 29.2 Å². The van der Waals surface area contributed by atoms with Crippen molar-refractivity contribution < 1.29 is 41.5 Å². The second-order valence-corrected chi connectivity index (χ2v) is 11.9. The zero-order chi connectivity index (χ0) is 36.7. The fourth-order valence-corrected chi connectivity index (χ4v) is 5.48. The van der Waals surface area contributed by atoms with Gasteiger partial charge in [-0.2, -0.15) is 18.2 Å². The number of nitrogens with zero attached hydrogens (tertiary/aromatic N) is 4. The number of phenols is 1. The van der Waals surface area contributed by atoms with Crippen LogP contribution in [0.2, 0.25) is 0 Å². The van der Waals surface area contributed by atoms with Gasteiger partial charge >= 0.3 is 6.18 Å². The molecule has 0 unspecified atom stereocenters. The molecule has 0 atom stereocenters. The Hall–Kier alpha value is -5.64. The fourth-order valence-electron chi connectivity index (χ4n) is 5.48. The highest BCUT2D eigenvalue weighted by Crippen LogP contribution is 2.31. The monoisotopic (exact) mass is 754 g/mol. The molecule has 0 aliphatic carbocycles. The van der Waals surface area contributed by atoms with E-state index in [0.29, 0.717) is 67.9 Å². The molecule has 5 aromatic rings. The molecule has 278 valence electrons. The van der Waals surface area contributed by atoms with Crippen molar-refractivity contribution >= 4 is 24.4 Å². The number of amides is 1. The number of piperazine rings is 1. The molecule has 11 nitrogen and oxygen atoms in total. The molecule has 0 radical (unpaired) electrons. The summed E-state index contributed by atoms with van der Waals surface area (Å²) in [6.45, 7) is 2.61. The number of carbonyl (C=O) groups is 1. The van der Waals surface area contributed by atoms with E-state index in [2.05, 4.69) is 20.5 Å². The Kier molecular flexibility index (Phi) is 12.6. The average molecular weight is 755 g/mol. The van der Waals surface area contributed by atoms with Crippen molar-refractivity contribution in [3.8, 4) is 28.6 Å². The molecule has 1 fully saturated rings. The van der Waals surface area contributed by atoms with Gasteiger partial charge in [0, 0.05) is 43.4 Å². The Balaban J connectivity index is 0.00000541. The van der Waals surface area contributed by atoms with Crippen molar-refractivity contribution in [2.75, 3.05) is 26.2 Å². The van der Waals surface area contributed by atoms with Crippen molar-refractivity contribution in [3.63, 3.8) is 0 Å². The average Bonchev–Trinajstić information content (AvgIpc) is 3.62. The summed E-state index contributed by atoms with van der Waals surface area (Å²) >= 11 is 0. The lowest BCUT2D eigenvalue weighted by Crippen LogP contribution is -2.48. The highest BCUT2D eigenvalue weighted by atomic mass is 35.5. The van der Waals surface area contributed by atoms with Crippen molar-refractivity contribution in [2.24, 2.45) is 5.84 Å². The molecule has 6 rings (SSSR count). The van der Waals surface area contributed by atoms with Crippen LogP contribution in [-0.4, -0.2) is 57.1 Å². The first-order valence-corrected chi connectivity index (χ1v) is 16.2. The van der Waals surface area contributed by atoms with Crippen molar-refractivity contribution in [1.82, 2.24) is 25.4 Å². The molecular formula is C37H35ClF4N6O5. The van der Waals surface area contributed by atoms with Crippen LogP contribution in [0.3, 0.4) is 0 Å². The molecule has 0 saturated carbocycles. The Labute approximate surface area is 308 Å². The fraction of sp³-hybridized carbons (Fsp3) is 0.216. The molecule has 1 aliphatic heterocycles. The molecule has 1 aromatic heterocycles. The molecular weight excluding hydrogens is 720 g/mol. The van der Waals surface area contributed by atoms with Crippen LogP contribution < -0.4 is 20.7 Å². The predicted octanol–water partition coefficient (Wildman–Crippen LogP) is 6.33. The molecule has 1 aliphatic rings. The number of aromatic hydroxyl groups is 1. The first kappa shape index (κ1) is 38.6. The summed E-state index contributed by atoms with van der Waals surface area (Å²) in [6, 6.07) is 22.6. The largest absolute Gasteiger partial charge is 0.507 e. The minimum atomic E-state index is -4.47. The van der Waals surface area contributed by atoms with Gasteiger partial charge in [-0.1, -0.05) is 41.6 Å². The first-order valence-electron chi connectivity index (χ1n) is 16.2. The van der Waals surface area contributed by atoms with Gasteiger partial charge in [-0.3, -0.25) is 15.1 Å². The maximum absolute atomic E-state index is 13.1. The number of halogens is 5. The van der Waals surface area contributed by atoms with E-state index in [1.165, 1.54) is 36.4 Å². The number of ether oxygens (including phenoxy) is 2. The molecule has 1 amide bonds. The molecule has 0 spiro atoms. The summed E-state index contributed by atoms with van der Waals surface area (Å²) in [4.78, 5) is 21.3. The SMILES string of the molecule is Cl.NNC(=O)C(=Cc1ccc(OCc2cccc(C(F)(F)F)c2)cc1O)N1CCN(Cc2nc(-c3ccc(COc4ccc(F)cc4)cc3)no2)CC1. The molecule has 4 N–H and O–H groups in total. The van der Waals surface area contributed by atoms with Crippen molar-refractivity contribution in [1.29, 1.82) is 0 Å². The second-order valence-electron chi connectivity index (χ2n) is 11.9. The van der Waals surface area contributed by atoms with Gasteiger partial charge < -0.3 is 24.0 Å². The minimum Gasteiger partial charge on any atom is -0.507 e. The summed E-state index contributed by atoms with van der Waals surface area (Å²) in [5.74, 6) is 6.09. The predicted molar refractivity (Wildman–Crippen MR) is 189 cm³/mol. The van der Waals surface area contributed by atoms with Gasteiger partial charge in [0.25, 0.3) is 5.91 Å². The number of hydrogen-bond donors (Lipinski definition) is 3. The molecule has 0 bridgehead atoms. The normalized spacial score (nSPS) is 13.7. The minimum absolute atomic E-state index is 0. The van der Waals surface area contributed by atoms with Crippen LogP contribution in [-0.2, 0) is 30.7 Å². The Bertz CT molecular complexity index is 2020. The van der Waals surface area contributed by atoms with Crippen LogP contribution in [0.1, 0.15) is 28.1 Å². The molecule has 53 heavy (non-hydrogen) atoms. The number of aromatic nitrogens is 2. The summed E-state index contributed by atoms with van der Waals surface area (Å²) in [6.07, 6.45) is -2.96. The number of nitrogens with two attached hydrogens (primary N) is 1. The Morgan fingerprint density at radius 3 is 2.26 bits per heavy atom. The quantitative estimate of drug-likeness (QED) is 0.0436. The standard InChI is InChI=1S/C37H34F4N6O5.ClH/c38-29-9-12-30(13-10-29)50-22-24-4-6-26(7-5-24)35-43-34(52-45-35)21-46-14-16-47(17-15-46)32(36(49)44-42)19-27-8-11-31(20-33(27)48)51-23-25-2-1-3-28(18-25)37(39,40)41;/h1-13,18-20,48H,14-17,21-23,42H2,(H,44,49);1H. The summed E-state index contributed by atoms with van der Waals surface area (Å²) in [5, 5.41) is 14.8. The lowest BCUT2D eigenvalue weighted by atomic mass is 10.1. The number of benzene rings is 4. The number of hydrazine groups is 1. The Morgan fingerprint density at radius 2 is 1.58 bits per heavy atom. The maximum Gasteiger partial charge on any atom is 0.416 e. The van der Waals surface area contributed by atoms with E-state index < -0.39 is 17.6 Å². The summed E-state index contributed by atoms with van der Waals surface area (Å²) in [7, 11) is 0. The zero-order valence-corrected chi connectivity index (χ0v) is 28.9. The van der Waals surface area contributed by atoms with Crippen LogP contribution in [0.4, 0.5) is 17.6 Å². The van der Waals surface area contributed by atoms with E-state index in [9.17, 15) is 27.5 Å². The molecule has 2 heterocycles. The highest BCUT2D eigenvalue weighted by Gasteiger charge is 2.30. The van der Waals surface area contributed by atoms with E-state index in [-0.39, 0.29) is 42.0 Å². The maximum atomic E-state index is 13.1. The van der Waals surface area contributed by atoms with E-state index in [4.69, 9.17) is 19.8 Å². The lowest BCUT2D eigenvalue weighted by molar-refractivity contribution is -0.137. The van der Waals surface area contributed by atoms with Crippen molar-refractivity contribution in [3.05, 3.63) is 131 Å². The van der Waals surface area contributed by atoms with Crippen LogP contribution >= 0.6 is 12.4 Å². The number of hydrogen-bond acceptors (Lipinski definition) is 10. The van der Waals surface area contributed by atoms with Gasteiger partial charge in [-0.25, -0.2) is 10.2 Å². The number of carbonyl (C=O) groups excluding carboxylic acids is 1. The third kappa shape index (κ3) is 10.2. The smallest absolute Gasteiger partial charge is 0.416 e. The van der Waals surface area contributed by atoms with E-state index >= 15 is 0 Å². The van der Waals surface area contributed by atoms with E-state index in [0.717, 1.165) is 23.3 Å². The lowest BCUT2D eigenvalue weighted by Gasteiger charge is -2.36. The van der Waals surface area contributed by atoms with Crippen molar-refractivity contribution in [2.45, 2.75) is 25.9 Å². The van der Waals surface area contributed by atoms with Crippen LogP contribution in [0.5, 0.6) is 17.2 Å². The third-order valence-electron chi connectivity index (χ3n) is 8.29. The Morgan fingerprint density at radius 1 is 0.906 bits per heavy atom. The second kappa shape index (κ2) is 17.3. The van der Waals surface area contributed by atoms with Gasteiger partial charge in [-0.15, -0.1) is 12.4 Å². The number of alkyl halides is 3. The number of nitrogens with one attached hydrogen (secondary N) is 1. The van der Waals surface area contributed by atoms with Crippen LogP contribution in [0.15, 0.2) is 101 Å². The highest BCUT2D eigenvalue weighted by molar-refractivity contribution is 5.97. The first-order chi connectivity index (χ1) is 25.0. The summed E-state index contributed by atoms with van der Waals surface area (Å²) in [5.41, 5.74) is 3.93. The van der Waals surface area contributed by atoms with Gasteiger partial charge in [-0.05, 0) is 65.7 Å². The van der Waals surface area contributed by atoms with Crippen LogP contribution in [0, 0.1) is 5.82 Å². The van der Waals surface area contributed by atoms with Crippen LogP contribution in [0.25, 0.3) is 17.5 Å². The van der Waals surface area contributed by atoms with E-state index in [1.54, 1.807) is 24.3 Å². The van der Waals surface area contributed by atoms with Gasteiger partial charge in [0.15, 0.2) is 0 Å². The molecule has 4 aromatic carbocycles. The third-order valence-corrected chi connectivity index (χ3v) is 8.29. The zero-order valence-electron chi connectivity index (χ0n) is 28.1.